The van der Waals surface area contributed by atoms with E-state index in [0.29, 0.717) is 37.4 Å². The van der Waals surface area contributed by atoms with Gasteiger partial charge < -0.3 is 9.47 Å². The van der Waals surface area contributed by atoms with Gasteiger partial charge in [0.25, 0.3) is 0 Å². The van der Waals surface area contributed by atoms with Crippen molar-refractivity contribution in [1.29, 1.82) is 0 Å². The van der Waals surface area contributed by atoms with E-state index < -0.39 is 15.1 Å². The lowest BCUT2D eigenvalue weighted by molar-refractivity contribution is -0.132. The molecule has 0 spiro atoms. The number of benzene rings is 1. The standard InChI is InChI=1S/C17H20N2O3S/c20-17(14-18-10-4-5-11-18)19-12-8-16(9-13-19)23(21,22)15-6-2-1-3-7-15/h1-7,10-11,16H,8-9,12-14H2. The van der Waals surface area contributed by atoms with E-state index in [2.05, 4.69) is 0 Å². The number of nitrogens with zero attached hydrogens (tertiary/aromatic N) is 2. The number of aromatic nitrogens is 1. The number of carbonyl (C=O) groups excluding carboxylic acids is 1. The molecule has 1 aromatic heterocycles. The van der Waals surface area contributed by atoms with Crippen LogP contribution in [0, 0.1) is 0 Å². The van der Waals surface area contributed by atoms with Gasteiger partial charge in [-0.1, -0.05) is 18.2 Å². The quantitative estimate of drug-likeness (QED) is 0.860. The number of rotatable bonds is 4. The van der Waals surface area contributed by atoms with Gasteiger partial charge in [0.05, 0.1) is 10.1 Å². The normalized spacial score (nSPS) is 16.4. The maximum absolute atomic E-state index is 12.6. The third kappa shape index (κ3) is 3.47. The number of likely N-dealkylation sites (tertiary alicyclic amines) is 1. The highest BCUT2D eigenvalue weighted by molar-refractivity contribution is 7.92. The lowest BCUT2D eigenvalue weighted by Crippen LogP contribution is -2.43. The molecule has 1 aliphatic heterocycles. The monoisotopic (exact) mass is 332 g/mol. The van der Waals surface area contributed by atoms with Crippen LogP contribution >= 0.6 is 0 Å². The van der Waals surface area contributed by atoms with Crippen LogP contribution in [0.25, 0.3) is 0 Å². The molecule has 23 heavy (non-hydrogen) atoms. The number of hydrogen-bond donors (Lipinski definition) is 0. The first-order chi connectivity index (χ1) is 11.1. The summed E-state index contributed by atoms with van der Waals surface area (Å²) in [7, 11) is -3.30. The van der Waals surface area contributed by atoms with E-state index >= 15 is 0 Å². The molecule has 6 heteroatoms. The summed E-state index contributed by atoms with van der Waals surface area (Å²) in [5.74, 6) is 0.0387. The Morgan fingerprint density at radius 1 is 1.00 bits per heavy atom. The van der Waals surface area contributed by atoms with Crippen molar-refractivity contribution in [2.24, 2.45) is 0 Å². The minimum atomic E-state index is -3.30. The predicted molar refractivity (Wildman–Crippen MR) is 87.7 cm³/mol. The number of carbonyl (C=O) groups is 1. The van der Waals surface area contributed by atoms with Gasteiger partial charge in [-0.2, -0.15) is 0 Å². The fourth-order valence-corrected chi connectivity index (χ4v) is 4.70. The third-order valence-corrected chi connectivity index (χ3v) is 6.57. The Balaban J connectivity index is 1.61. The van der Waals surface area contributed by atoms with Gasteiger partial charge in [-0.15, -0.1) is 0 Å². The van der Waals surface area contributed by atoms with Crippen LogP contribution in [0.2, 0.25) is 0 Å². The number of piperidine rings is 1. The second-order valence-corrected chi connectivity index (χ2v) is 8.02. The summed E-state index contributed by atoms with van der Waals surface area (Å²) in [6.45, 7) is 1.30. The molecule has 0 N–H and O–H groups in total. The topological polar surface area (TPSA) is 59.4 Å². The number of sulfone groups is 1. The van der Waals surface area contributed by atoms with Gasteiger partial charge in [0.2, 0.25) is 5.91 Å². The molecular weight excluding hydrogens is 312 g/mol. The molecule has 2 aromatic rings. The smallest absolute Gasteiger partial charge is 0.242 e. The molecule has 0 atom stereocenters. The first-order valence-electron chi connectivity index (χ1n) is 7.75. The van der Waals surface area contributed by atoms with Crippen LogP contribution in [0.4, 0.5) is 0 Å². The Hall–Kier alpha value is -2.08. The molecule has 122 valence electrons. The van der Waals surface area contributed by atoms with E-state index in [1.807, 2.05) is 35.2 Å². The molecule has 0 saturated carbocycles. The summed E-state index contributed by atoms with van der Waals surface area (Å²) < 4.78 is 27.1. The van der Waals surface area contributed by atoms with Gasteiger partial charge in [-0.05, 0) is 37.1 Å². The average Bonchev–Trinajstić information content (AvgIpc) is 3.09. The third-order valence-electron chi connectivity index (χ3n) is 4.29. The van der Waals surface area contributed by atoms with E-state index in [1.54, 1.807) is 29.2 Å². The van der Waals surface area contributed by atoms with Crippen LogP contribution in [0.5, 0.6) is 0 Å². The first kappa shape index (κ1) is 15.8. The minimum absolute atomic E-state index is 0.0387. The van der Waals surface area contributed by atoms with Crippen LogP contribution in [0.3, 0.4) is 0 Å². The minimum Gasteiger partial charge on any atom is -0.345 e. The highest BCUT2D eigenvalue weighted by atomic mass is 32.2. The second kappa shape index (κ2) is 6.58. The van der Waals surface area contributed by atoms with Gasteiger partial charge >= 0.3 is 0 Å². The Bertz CT molecular complexity index is 746. The molecule has 2 heterocycles. The van der Waals surface area contributed by atoms with Gasteiger partial charge in [-0.3, -0.25) is 4.79 Å². The van der Waals surface area contributed by atoms with E-state index in [-0.39, 0.29) is 5.91 Å². The zero-order valence-corrected chi connectivity index (χ0v) is 13.7. The Morgan fingerprint density at radius 2 is 1.61 bits per heavy atom. The molecule has 1 aromatic carbocycles. The molecule has 5 nitrogen and oxygen atoms in total. The summed E-state index contributed by atoms with van der Waals surface area (Å²) >= 11 is 0. The lowest BCUT2D eigenvalue weighted by atomic mass is 10.1. The molecule has 1 amide bonds. The van der Waals surface area contributed by atoms with Gasteiger partial charge in [-0.25, -0.2) is 8.42 Å². The SMILES string of the molecule is O=C(Cn1cccc1)N1CCC(S(=O)(=O)c2ccccc2)CC1. The highest BCUT2D eigenvalue weighted by Crippen LogP contribution is 2.24. The zero-order valence-electron chi connectivity index (χ0n) is 12.8. The van der Waals surface area contributed by atoms with Gasteiger partial charge in [0.1, 0.15) is 6.54 Å². The Morgan fingerprint density at radius 3 is 2.22 bits per heavy atom. The fraction of sp³-hybridized carbons (Fsp3) is 0.353. The summed E-state index contributed by atoms with van der Waals surface area (Å²) in [5.41, 5.74) is 0. The van der Waals surface area contributed by atoms with E-state index in [1.165, 1.54) is 0 Å². The van der Waals surface area contributed by atoms with Crippen molar-refractivity contribution in [1.82, 2.24) is 9.47 Å². The molecule has 1 aliphatic rings. The molecular formula is C17H20N2O3S. The summed E-state index contributed by atoms with van der Waals surface area (Å²) in [6.07, 6.45) is 4.69. The summed E-state index contributed by atoms with van der Waals surface area (Å²) in [4.78, 5) is 14.4. The van der Waals surface area contributed by atoms with Gasteiger partial charge in [0, 0.05) is 25.5 Å². The van der Waals surface area contributed by atoms with Crippen molar-refractivity contribution in [3.05, 3.63) is 54.9 Å². The van der Waals surface area contributed by atoms with E-state index in [4.69, 9.17) is 0 Å². The maximum Gasteiger partial charge on any atom is 0.242 e. The second-order valence-electron chi connectivity index (χ2n) is 5.79. The van der Waals surface area contributed by atoms with Crippen molar-refractivity contribution in [3.63, 3.8) is 0 Å². The molecule has 0 aliphatic carbocycles. The van der Waals surface area contributed by atoms with Crippen LogP contribution in [0.15, 0.2) is 59.8 Å². The van der Waals surface area contributed by atoms with E-state index in [9.17, 15) is 13.2 Å². The predicted octanol–water partition coefficient (Wildman–Crippen LogP) is 1.95. The molecule has 1 saturated heterocycles. The van der Waals surface area contributed by atoms with Crippen LogP contribution in [0.1, 0.15) is 12.8 Å². The Labute approximate surface area is 136 Å². The average molecular weight is 332 g/mol. The van der Waals surface area contributed by atoms with Crippen molar-refractivity contribution in [2.75, 3.05) is 13.1 Å². The summed E-state index contributed by atoms with van der Waals surface area (Å²) in [6, 6.07) is 12.3. The summed E-state index contributed by atoms with van der Waals surface area (Å²) in [5, 5.41) is -0.402. The first-order valence-corrected chi connectivity index (χ1v) is 9.29. The Kier molecular flexibility index (Phi) is 4.52. The zero-order chi connectivity index (χ0) is 16.3. The molecule has 3 rings (SSSR count). The molecule has 1 fully saturated rings. The van der Waals surface area contributed by atoms with Crippen molar-refractivity contribution >= 4 is 15.7 Å². The molecule has 0 radical (unpaired) electrons. The largest absolute Gasteiger partial charge is 0.345 e. The van der Waals surface area contributed by atoms with Gasteiger partial charge in [0.15, 0.2) is 9.84 Å². The molecule has 0 bridgehead atoms. The van der Waals surface area contributed by atoms with Crippen LogP contribution < -0.4 is 0 Å². The van der Waals surface area contributed by atoms with Crippen LogP contribution in [-0.2, 0) is 21.2 Å². The maximum atomic E-state index is 12.6. The number of amides is 1. The van der Waals surface area contributed by atoms with E-state index in [0.717, 1.165) is 0 Å². The van der Waals surface area contributed by atoms with Crippen molar-refractivity contribution in [2.45, 2.75) is 29.5 Å². The fourth-order valence-electron chi connectivity index (χ4n) is 2.95. The van der Waals surface area contributed by atoms with Crippen molar-refractivity contribution in [3.8, 4) is 0 Å². The lowest BCUT2D eigenvalue weighted by Gasteiger charge is -2.32. The highest BCUT2D eigenvalue weighted by Gasteiger charge is 2.32. The van der Waals surface area contributed by atoms with Crippen molar-refractivity contribution < 1.29 is 13.2 Å². The van der Waals surface area contributed by atoms with Crippen LogP contribution in [-0.4, -0.2) is 42.1 Å². The number of hydrogen-bond acceptors (Lipinski definition) is 3. The molecule has 0 unspecified atom stereocenters.